The molecule has 0 bridgehead atoms. The third kappa shape index (κ3) is 5.73. The largest absolute Gasteiger partial charge is 0.481 e. The molecule has 0 fully saturated rings. The fourth-order valence-electron chi connectivity index (χ4n) is 3.33. The van der Waals surface area contributed by atoms with Crippen LogP contribution in [0.15, 0.2) is 48.5 Å². The molecule has 0 saturated carbocycles. The lowest BCUT2D eigenvalue weighted by Gasteiger charge is -2.25. The van der Waals surface area contributed by atoms with E-state index < -0.39 is 24.0 Å². The van der Waals surface area contributed by atoms with Crippen LogP contribution in [-0.4, -0.2) is 44.4 Å². The highest BCUT2D eigenvalue weighted by Gasteiger charge is 2.27. The summed E-state index contributed by atoms with van der Waals surface area (Å²) < 4.78 is 6.10. The molecule has 2 atom stereocenters. The first-order chi connectivity index (χ1) is 14.9. The molecule has 0 aliphatic heterocycles. The molecule has 2 N–H and O–H groups in total. The predicted molar refractivity (Wildman–Crippen MR) is 112 cm³/mol. The predicted octanol–water partition coefficient (Wildman–Crippen LogP) is 2.36. The molecule has 9 heteroatoms. The molecule has 0 spiro atoms. The number of tetrazole rings is 1. The third-order valence-electron chi connectivity index (χ3n) is 4.93. The van der Waals surface area contributed by atoms with Gasteiger partial charge in [-0.05, 0) is 35.4 Å². The first-order valence-electron chi connectivity index (χ1n) is 9.81. The normalized spacial score (nSPS) is 12.9. The maximum atomic E-state index is 11.8. The van der Waals surface area contributed by atoms with Gasteiger partial charge < -0.3 is 9.84 Å². The van der Waals surface area contributed by atoms with Gasteiger partial charge in [-0.2, -0.15) is 0 Å². The number of rotatable bonds is 9. The van der Waals surface area contributed by atoms with Crippen LogP contribution < -0.4 is 5.32 Å². The summed E-state index contributed by atoms with van der Waals surface area (Å²) in [5, 5.41) is 24.7. The Kier molecular flexibility index (Phi) is 7.09. The van der Waals surface area contributed by atoms with Gasteiger partial charge >= 0.3 is 11.9 Å². The molecular weight excluding hydrogens is 398 g/mol. The van der Waals surface area contributed by atoms with E-state index in [0.717, 1.165) is 22.3 Å². The number of carbonyl (C=O) groups excluding carboxylic acids is 1. The summed E-state index contributed by atoms with van der Waals surface area (Å²) in [5.74, 6) is -1.04. The molecule has 0 aliphatic carbocycles. The molecule has 1 aromatic heterocycles. The minimum atomic E-state index is -0.934. The number of hydrogen-bond donors (Lipinski definition) is 2. The third-order valence-corrected chi connectivity index (χ3v) is 4.93. The van der Waals surface area contributed by atoms with Crippen LogP contribution in [0.3, 0.4) is 0 Å². The smallest absolute Gasteiger partial charge is 0.327 e. The molecule has 2 aromatic carbocycles. The van der Waals surface area contributed by atoms with Gasteiger partial charge in [0.1, 0.15) is 6.54 Å². The minimum Gasteiger partial charge on any atom is -0.481 e. The zero-order chi connectivity index (χ0) is 22.4. The van der Waals surface area contributed by atoms with Gasteiger partial charge in [-0.15, -0.1) is 5.10 Å². The maximum absolute atomic E-state index is 11.8. The summed E-state index contributed by atoms with van der Waals surface area (Å²) in [7, 11) is 1.29. The van der Waals surface area contributed by atoms with Gasteiger partial charge in [-0.25, -0.2) is 4.68 Å². The second-order valence-corrected chi connectivity index (χ2v) is 7.35. The summed E-state index contributed by atoms with van der Waals surface area (Å²) in [6, 6.07) is 14.4. The van der Waals surface area contributed by atoms with E-state index in [0.29, 0.717) is 5.82 Å². The Morgan fingerprint density at radius 2 is 1.84 bits per heavy atom. The average molecular weight is 423 g/mol. The van der Waals surface area contributed by atoms with Crippen molar-refractivity contribution in [3.8, 4) is 0 Å². The van der Waals surface area contributed by atoms with Crippen LogP contribution in [-0.2, 0) is 20.9 Å². The Hall–Kier alpha value is -3.59. The van der Waals surface area contributed by atoms with Gasteiger partial charge in [0.05, 0.1) is 19.6 Å². The molecule has 31 heavy (non-hydrogen) atoms. The molecule has 3 aromatic rings. The van der Waals surface area contributed by atoms with Gasteiger partial charge in [-0.1, -0.05) is 59.7 Å². The number of carboxylic acids is 1. The van der Waals surface area contributed by atoms with Crippen LogP contribution in [0.1, 0.15) is 46.6 Å². The first kappa shape index (κ1) is 22.1. The molecule has 1 heterocycles. The highest BCUT2D eigenvalue weighted by molar-refractivity contribution is 5.69. The van der Waals surface area contributed by atoms with Crippen LogP contribution in [0.2, 0.25) is 0 Å². The van der Waals surface area contributed by atoms with E-state index >= 15 is 0 Å². The van der Waals surface area contributed by atoms with Crippen molar-refractivity contribution in [1.29, 1.82) is 0 Å². The van der Waals surface area contributed by atoms with Crippen LogP contribution in [0.25, 0.3) is 0 Å². The van der Waals surface area contributed by atoms with E-state index in [4.69, 9.17) is 4.74 Å². The standard InChI is InChI=1S/C22H25N5O4/c1-14-7-9-16(10-8-14)21(22-24-25-26-27(22)13-20(30)31-3)23-18(12-19(28)29)17-6-4-5-15(2)11-17/h4-11,18,21,23H,12-13H2,1-3H3,(H,28,29). The van der Waals surface area contributed by atoms with Gasteiger partial charge in [0.2, 0.25) is 0 Å². The fourth-order valence-corrected chi connectivity index (χ4v) is 3.33. The molecule has 3 rings (SSSR count). The zero-order valence-electron chi connectivity index (χ0n) is 17.6. The maximum Gasteiger partial charge on any atom is 0.327 e. The number of ether oxygens (including phenoxy) is 1. The number of aryl methyl sites for hydroxylation is 2. The number of benzene rings is 2. The van der Waals surface area contributed by atoms with Crippen molar-refractivity contribution in [2.45, 2.75) is 38.9 Å². The summed E-state index contributed by atoms with van der Waals surface area (Å²) in [6.45, 7) is 3.78. The number of aliphatic carboxylic acids is 1. The summed E-state index contributed by atoms with van der Waals surface area (Å²) in [5.41, 5.74) is 3.79. The molecule has 9 nitrogen and oxygen atoms in total. The molecule has 0 aliphatic rings. The summed E-state index contributed by atoms with van der Waals surface area (Å²) in [6.07, 6.45) is -0.135. The molecule has 0 saturated heterocycles. The Morgan fingerprint density at radius 3 is 2.48 bits per heavy atom. The van der Waals surface area contributed by atoms with Gasteiger partial charge in [0.25, 0.3) is 0 Å². The van der Waals surface area contributed by atoms with Gasteiger partial charge in [-0.3, -0.25) is 14.9 Å². The monoisotopic (exact) mass is 423 g/mol. The second-order valence-electron chi connectivity index (χ2n) is 7.35. The van der Waals surface area contributed by atoms with E-state index in [9.17, 15) is 14.7 Å². The van der Waals surface area contributed by atoms with Gasteiger partial charge in [0.15, 0.2) is 5.82 Å². The lowest BCUT2D eigenvalue weighted by atomic mass is 9.98. The van der Waals surface area contributed by atoms with E-state index in [1.165, 1.54) is 11.8 Å². The van der Waals surface area contributed by atoms with Gasteiger partial charge in [0, 0.05) is 6.04 Å². The Labute approximate surface area is 180 Å². The number of aromatic nitrogens is 4. The van der Waals surface area contributed by atoms with Crippen molar-refractivity contribution in [3.05, 3.63) is 76.6 Å². The number of methoxy groups -OCH3 is 1. The topological polar surface area (TPSA) is 119 Å². The quantitative estimate of drug-likeness (QED) is 0.504. The molecule has 0 radical (unpaired) electrons. The van der Waals surface area contributed by atoms with Crippen LogP contribution in [0, 0.1) is 13.8 Å². The highest BCUT2D eigenvalue weighted by atomic mass is 16.5. The fraction of sp³-hybridized carbons (Fsp3) is 0.318. The van der Waals surface area contributed by atoms with E-state index in [1.54, 1.807) is 0 Å². The second kappa shape index (κ2) is 9.94. The SMILES string of the molecule is COC(=O)Cn1nnnc1C(NC(CC(=O)O)c1cccc(C)c1)c1ccc(C)cc1. The molecule has 162 valence electrons. The lowest BCUT2D eigenvalue weighted by Crippen LogP contribution is -2.32. The van der Waals surface area contributed by atoms with Crippen molar-refractivity contribution < 1.29 is 19.4 Å². The summed E-state index contributed by atoms with van der Waals surface area (Å²) in [4.78, 5) is 23.4. The molecule has 2 unspecified atom stereocenters. The zero-order valence-corrected chi connectivity index (χ0v) is 17.6. The Morgan fingerprint density at radius 1 is 1.10 bits per heavy atom. The minimum absolute atomic E-state index is 0.135. The van der Waals surface area contributed by atoms with Crippen LogP contribution in [0.5, 0.6) is 0 Å². The van der Waals surface area contributed by atoms with E-state index in [1.807, 2.05) is 62.4 Å². The van der Waals surface area contributed by atoms with Crippen molar-refractivity contribution in [2.24, 2.45) is 0 Å². The van der Waals surface area contributed by atoms with Crippen LogP contribution >= 0.6 is 0 Å². The number of nitrogens with one attached hydrogen (secondary N) is 1. The van der Waals surface area contributed by atoms with Crippen molar-refractivity contribution in [3.63, 3.8) is 0 Å². The number of carboxylic acid groups (broad SMARTS) is 1. The highest BCUT2D eigenvalue weighted by Crippen LogP contribution is 2.27. The van der Waals surface area contributed by atoms with E-state index in [2.05, 4.69) is 20.8 Å². The van der Waals surface area contributed by atoms with E-state index in [-0.39, 0.29) is 13.0 Å². The number of carbonyl (C=O) groups is 2. The Bertz CT molecular complexity index is 1050. The number of esters is 1. The van der Waals surface area contributed by atoms with Crippen LogP contribution in [0.4, 0.5) is 0 Å². The average Bonchev–Trinajstić information content (AvgIpc) is 3.19. The Balaban J connectivity index is 2.03. The van der Waals surface area contributed by atoms with Crippen molar-refractivity contribution >= 4 is 11.9 Å². The molecular formula is C22H25N5O4. The van der Waals surface area contributed by atoms with Crippen molar-refractivity contribution in [2.75, 3.05) is 7.11 Å². The lowest BCUT2D eigenvalue weighted by molar-refractivity contribution is -0.141. The summed E-state index contributed by atoms with van der Waals surface area (Å²) >= 11 is 0. The number of hydrogen-bond acceptors (Lipinski definition) is 7. The molecule has 0 amide bonds. The van der Waals surface area contributed by atoms with Crippen molar-refractivity contribution in [1.82, 2.24) is 25.5 Å². The first-order valence-corrected chi connectivity index (χ1v) is 9.81. The number of nitrogens with zero attached hydrogens (tertiary/aromatic N) is 4.